The van der Waals surface area contributed by atoms with E-state index in [1.54, 1.807) is 45.5 Å². The summed E-state index contributed by atoms with van der Waals surface area (Å²) in [5, 5.41) is 2.92. The van der Waals surface area contributed by atoms with E-state index in [9.17, 15) is 9.59 Å². The third-order valence-electron chi connectivity index (χ3n) is 5.18. The quantitative estimate of drug-likeness (QED) is 0.678. The van der Waals surface area contributed by atoms with Gasteiger partial charge in [0.05, 0.1) is 25.5 Å². The molecule has 3 aromatic rings. The molecule has 1 aliphatic heterocycles. The third-order valence-corrected chi connectivity index (χ3v) is 5.18. The van der Waals surface area contributed by atoms with Crippen LogP contribution in [-0.2, 0) is 4.79 Å². The van der Waals surface area contributed by atoms with Crippen molar-refractivity contribution >= 4 is 23.2 Å². The monoisotopic (exact) mass is 418 g/mol. The van der Waals surface area contributed by atoms with E-state index in [2.05, 4.69) is 5.32 Å². The van der Waals surface area contributed by atoms with E-state index in [0.29, 0.717) is 28.4 Å². The molecule has 1 heterocycles. The Bertz CT molecular complexity index is 1140. The average Bonchev–Trinajstić information content (AvgIpc) is 2.81. The molecular formula is C24H22N2O5. The maximum Gasteiger partial charge on any atom is 0.264 e. The Morgan fingerprint density at radius 1 is 0.968 bits per heavy atom. The molecule has 0 saturated carbocycles. The highest BCUT2D eigenvalue weighted by molar-refractivity contribution is 6.09. The molecule has 0 fully saturated rings. The summed E-state index contributed by atoms with van der Waals surface area (Å²) < 4.78 is 16.0. The lowest BCUT2D eigenvalue weighted by atomic mass is 9.98. The van der Waals surface area contributed by atoms with Crippen molar-refractivity contribution in [1.82, 2.24) is 0 Å². The molecule has 0 saturated heterocycles. The van der Waals surface area contributed by atoms with Crippen molar-refractivity contribution in [3.8, 4) is 28.4 Å². The van der Waals surface area contributed by atoms with Gasteiger partial charge in [-0.3, -0.25) is 9.59 Å². The predicted octanol–water partition coefficient (Wildman–Crippen LogP) is 3.98. The van der Waals surface area contributed by atoms with Crippen molar-refractivity contribution < 1.29 is 23.8 Å². The number of benzene rings is 3. The number of methoxy groups -OCH3 is 2. The molecule has 0 spiro atoms. The lowest BCUT2D eigenvalue weighted by Crippen LogP contribution is -2.35. The van der Waals surface area contributed by atoms with Gasteiger partial charge < -0.3 is 24.4 Å². The maximum atomic E-state index is 13.2. The number of nitrogens with one attached hydrogen (secondary N) is 1. The fourth-order valence-electron chi connectivity index (χ4n) is 3.41. The number of rotatable bonds is 5. The van der Waals surface area contributed by atoms with Gasteiger partial charge in [-0.25, -0.2) is 0 Å². The Hall–Kier alpha value is -4.00. The minimum atomic E-state index is -0.296. The second-order valence-corrected chi connectivity index (χ2v) is 7.02. The van der Waals surface area contributed by atoms with Crippen molar-refractivity contribution in [2.45, 2.75) is 0 Å². The van der Waals surface area contributed by atoms with Crippen molar-refractivity contribution in [2.24, 2.45) is 0 Å². The summed E-state index contributed by atoms with van der Waals surface area (Å²) in [6.07, 6.45) is 0. The SMILES string of the molecule is COc1ccc(-c2ccc(OC)cc2C(=O)Nc2ccc3c(c2)N(C)C(=O)CO3)cc1. The van der Waals surface area contributed by atoms with E-state index in [1.165, 1.54) is 4.90 Å². The maximum absolute atomic E-state index is 13.2. The van der Waals surface area contributed by atoms with Gasteiger partial charge in [-0.05, 0) is 59.7 Å². The van der Waals surface area contributed by atoms with E-state index in [0.717, 1.165) is 16.9 Å². The van der Waals surface area contributed by atoms with Crippen LogP contribution in [0.15, 0.2) is 60.7 Å². The van der Waals surface area contributed by atoms with E-state index in [4.69, 9.17) is 14.2 Å². The van der Waals surface area contributed by atoms with Crippen LogP contribution in [-0.4, -0.2) is 39.7 Å². The normalized spacial score (nSPS) is 12.6. The van der Waals surface area contributed by atoms with Crippen molar-refractivity contribution in [2.75, 3.05) is 38.1 Å². The van der Waals surface area contributed by atoms with Crippen LogP contribution < -0.4 is 24.4 Å². The molecule has 158 valence electrons. The topological polar surface area (TPSA) is 77.1 Å². The number of anilines is 2. The Balaban J connectivity index is 1.67. The van der Waals surface area contributed by atoms with E-state index in [1.807, 2.05) is 36.4 Å². The minimum absolute atomic E-state index is 0.00420. The van der Waals surface area contributed by atoms with Gasteiger partial charge in [0.1, 0.15) is 17.2 Å². The highest BCUT2D eigenvalue weighted by Crippen LogP contribution is 2.34. The summed E-state index contributed by atoms with van der Waals surface area (Å²) in [5.74, 6) is 1.46. The molecule has 0 atom stereocenters. The molecule has 31 heavy (non-hydrogen) atoms. The first-order valence-corrected chi connectivity index (χ1v) is 9.67. The van der Waals surface area contributed by atoms with Gasteiger partial charge in [-0.2, -0.15) is 0 Å². The molecule has 0 aromatic heterocycles. The molecule has 3 aromatic carbocycles. The summed E-state index contributed by atoms with van der Waals surface area (Å²) >= 11 is 0. The second kappa shape index (κ2) is 8.39. The van der Waals surface area contributed by atoms with E-state index >= 15 is 0 Å². The fraction of sp³-hybridized carbons (Fsp3) is 0.167. The summed E-state index contributed by atoms with van der Waals surface area (Å²) in [4.78, 5) is 26.6. The van der Waals surface area contributed by atoms with Crippen LogP contribution >= 0.6 is 0 Å². The molecule has 0 aliphatic carbocycles. The van der Waals surface area contributed by atoms with Gasteiger partial charge in [0, 0.05) is 12.7 Å². The molecule has 0 bridgehead atoms. The van der Waals surface area contributed by atoms with Crippen LogP contribution in [0.5, 0.6) is 17.2 Å². The zero-order valence-electron chi connectivity index (χ0n) is 17.5. The Morgan fingerprint density at radius 3 is 2.39 bits per heavy atom. The molecule has 0 radical (unpaired) electrons. The number of fused-ring (bicyclic) bond motifs is 1. The largest absolute Gasteiger partial charge is 0.497 e. The van der Waals surface area contributed by atoms with Crippen LogP contribution in [0.4, 0.5) is 11.4 Å². The Kier molecular flexibility index (Phi) is 5.49. The number of hydrogen-bond acceptors (Lipinski definition) is 5. The molecule has 7 nitrogen and oxygen atoms in total. The molecule has 1 aliphatic rings. The number of ether oxygens (including phenoxy) is 3. The van der Waals surface area contributed by atoms with Crippen LogP contribution in [0.3, 0.4) is 0 Å². The zero-order valence-corrected chi connectivity index (χ0v) is 17.5. The first kappa shape index (κ1) is 20.3. The average molecular weight is 418 g/mol. The van der Waals surface area contributed by atoms with Crippen molar-refractivity contribution in [3.63, 3.8) is 0 Å². The number of amides is 2. The van der Waals surface area contributed by atoms with Crippen molar-refractivity contribution in [3.05, 3.63) is 66.2 Å². The van der Waals surface area contributed by atoms with Gasteiger partial charge >= 0.3 is 0 Å². The summed E-state index contributed by atoms with van der Waals surface area (Å²) in [5.41, 5.74) is 3.25. The molecule has 4 rings (SSSR count). The van der Waals surface area contributed by atoms with Crippen LogP contribution in [0.1, 0.15) is 10.4 Å². The summed E-state index contributed by atoms with van der Waals surface area (Å²) in [7, 11) is 4.84. The Labute approximate surface area is 180 Å². The van der Waals surface area contributed by atoms with Gasteiger partial charge in [0.25, 0.3) is 11.8 Å². The summed E-state index contributed by atoms with van der Waals surface area (Å²) in [6, 6.07) is 18.1. The minimum Gasteiger partial charge on any atom is -0.497 e. The lowest BCUT2D eigenvalue weighted by molar-refractivity contribution is -0.120. The van der Waals surface area contributed by atoms with Crippen LogP contribution in [0, 0.1) is 0 Å². The van der Waals surface area contributed by atoms with Crippen LogP contribution in [0.25, 0.3) is 11.1 Å². The highest BCUT2D eigenvalue weighted by atomic mass is 16.5. The zero-order chi connectivity index (χ0) is 22.0. The van der Waals surface area contributed by atoms with Crippen LogP contribution in [0.2, 0.25) is 0 Å². The lowest BCUT2D eigenvalue weighted by Gasteiger charge is -2.26. The van der Waals surface area contributed by atoms with Gasteiger partial charge in [-0.15, -0.1) is 0 Å². The van der Waals surface area contributed by atoms with Gasteiger partial charge in [0.15, 0.2) is 6.61 Å². The first-order chi connectivity index (χ1) is 15.0. The molecule has 7 heteroatoms. The third kappa shape index (κ3) is 4.02. The van der Waals surface area contributed by atoms with Crippen molar-refractivity contribution in [1.29, 1.82) is 0 Å². The fourth-order valence-corrected chi connectivity index (χ4v) is 3.41. The van der Waals surface area contributed by atoms with E-state index in [-0.39, 0.29) is 18.4 Å². The molecule has 1 N–H and O–H groups in total. The number of carbonyl (C=O) groups is 2. The number of nitrogens with zero attached hydrogens (tertiary/aromatic N) is 1. The smallest absolute Gasteiger partial charge is 0.264 e. The molecule has 2 amide bonds. The molecule has 0 unspecified atom stereocenters. The Morgan fingerprint density at radius 2 is 1.68 bits per heavy atom. The predicted molar refractivity (Wildman–Crippen MR) is 118 cm³/mol. The number of likely N-dealkylation sites (N-methyl/N-ethyl adjacent to an activating group) is 1. The second-order valence-electron chi connectivity index (χ2n) is 7.02. The molecular weight excluding hydrogens is 396 g/mol. The first-order valence-electron chi connectivity index (χ1n) is 9.67. The van der Waals surface area contributed by atoms with E-state index < -0.39 is 0 Å². The van der Waals surface area contributed by atoms with Gasteiger partial charge in [0.2, 0.25) is 0 Å². The number of carbonyl (C=O) groups excluding carboxylic acids is 2. The summed E-state index contributed by atoms with van der Waals surface area (Å²) in [6.45, 7) is 0.00420. The number of hydrogen-bond donors (Lipinski definition) is 1. The standard InChI is InChI=1S/C24H22N2O5/c1-26-21-12-16(6-11-22(21)31-14-23(26)27)25-24(28)20-13-18(30-3)9-10-19(20)15-4-7-17(29-2)8-5-15/h4-13H,14H2,1-3H3,(H,25,28). The van der Waals surface area contributed by atoms with Gasteiger partial charge in [-0.1, -0.05) is 12.1 Å². The highest BCUT2D eigenvalue weighted by Gasteiger charge is 2.23.